The fraction of sp³-hybridized carbons (Fsp3) is 0.476. The molecule has 0 saturated heterocycles. The summed E-state index contributed by atoms with van der Waals surface area (Å²) in [5, 5.41) is 0.626. The normalized spacial score (nSPS) is 13.7. The molecule has 0 bridgehead atoms. The van der Waals surface area contributed by atoms with Crippen LogP contribution in [0.1, 0.15) is 51.4 Å². The van der Waals surface area contributed by atoms with Crippen LogP contribution in [-0.2, 0) is 33.9 Å². The van der Waals surface area contributed by atoms with Crippen molar-refractivity contribution in [2.75, 3.05) is 6.61 Å². The summed E-state index contributed by atoms with van der Waals surface area (Å²) < 4.78 is 21.5. The van der Waals surface area contributed by atoms with E-state index in [0.717, 1.165) is 5.56 Å². The number of hydrogen-bond acceptors (Lipinski definition) is 6. The van der Waals surface area contributed by atoms with Gasteiger partial charge in [0, 0.05) is 28.1 Å². The molecule has 0 fully saturated rings. The molecule has 2 atom stereocenters. The Balaban J connectivity index is 2.12. The van der Waals surface area contributed by atoms with Crippen LogP contribution in [0, 0.1) is 0 Å². The van der Waals surface area contributed by atoms with Crippen molar-refractivity contribution in [1.82, 2.24) is 14.3 Å². The molecule has 1 heterocycles. The van der Waals surface area contributed by atoms with Crippen LogP contribution in [0.4, 0.5) is 0 Å². The third-order valence-corrected chi connectivity index (χ3v) is 6.17. The van der Waals surface area contributed by atoms with Crippen molar-refractivity contribution in [3.05, 3.63) is 63.3 Å². The molecule has 0 amide bonds. The lowest BCUT2D eigenvalue weighted by atomic mass is 10.0. The number of rotatable bonds is 9. The van der Waals surface area contributed by atoms with Crippen molar-refractivity contribution in [2.24, 2.45) is 0 Å². The zero-order valence-corrected chi connectivity index (χ0v) is 19.3. The van der Waals surface area contributed by atoms with Crippen LogP contribution in [0.3, 0.4) is 0 Å². The number of hydrogen-bond donors (Lipinski definition) is 1. The summed E-state index contributed by atoms with van der Waals surface area (Å²) >= 11 is 4.73. The zero-order valence-electron chi connectivity index (χ0n) is 17.7. The number of esters is 1. The molecule has 0 unspecified atom stereocenters. The number of aromatic nitrogens is 2. The standard InChI is InChI=1S/C21H28ClN3O4S/c1-5-29-20(27)13-25-14-23-17(12-19(25)26)10-11-18(24-30(28)21(2,3)4)15-6-8-16(22)9-7-15/h6-9,12,14,18,24H,5,10-11,13H2,1-4H3/t18-,30+/m0/s1. The van der Waals surface area contributed by atoms with Crippen molar-refractivity contribution >= 4 is 28.9 Å². The lowest BCUT2D eigenvalue weighted by Gasteiger charge is -2.28. The minimum Gasteiger partial charge on any atom is -0.598 e. The third kappa shape index (κ3) is 7.43. The van der Waals surface area contributed by atoms with Crippen molar-refractivity contribution in [3.63, 3.8) is 0 Å². The van der Waals surface area contributed by atoms with Crippen molar-refractivity contribution in [3.8, 4) is 0 Å². The van der Waals surface area contributed by atoms with Gasteiger partial charge < -0.3 is 9.29 Å². The maximum atomic E-state index is 12.6. The lowest BCUT2D eigenvalue weighted by molar-refractivity contribution is -0.143. The van der Waals surface area contributed by atoms with Gasteiger partial charge in [-0.05, 0) is 58.2 Å². The summed E-state index contributed by atoms with van der Waals surface area (Å²) in [5.41, 5.74) is 1.23. The van der Waals surface area contributed by atoms with E-state index in [1.54, 1.807) is 19.1 Å². The molecule has 30 heavy (non-hydrogen) atoms. The second-order valence-electron chi connectivity index (χ2n) is 7.79. The topological polar surface area (TPSA) is 96.3 Å². The second kappa shape index (κ2) is 10.9. The van der Waals surface area contributed by atoms with Crippen molar-refractivity contribution in [2.45, 2.75) is 57.9 Å². The lowest BCUT2D eigenvalue weighted by Crippen LogP contribution is -2.41. The van der Waals surface area contributed by atoms with Crippen LogP contribution in [0.15, 0.2) is 41.5 Å². The molecule has 2 aromatic rings. The number of nitrogens with zero attached hydrogens (tertiary/aromatic N) is 2. The van der Waals surface area contributed by atoms with Gasteiger partial charge in [0.1, 0.15) is 11.3 Å². The smallest absolute Gasteiger partial charge is 0.326 e. The van der Waals surface area contributed by atoms with Crippen LogP contribution in [0.2, 0.25) is 5.02 Å². The first-order valence-electron chi connectivity index (χ1n) is 9.74. The maximum absolute atomic E-state index is 12.6. The van der Waals surface area contributed by atoms with E-state index in [9.17, 15) is 14.1 Å². The average molecular weight is 454 g/mol. The Morgan fingerprint density at radius 2 is 2.00 bits per heavy atom. The molecule has 0 spiro atoms. The van der Waals surface area contributed by atoms with E-state index in [2.05, 4.69) is 9.71 Å². The Kier molecular flexibility index (Phi) is 8.91. The number of carbonyl (C=O) groups excluding carboxylic acids is 1. The van der Waals surface area contributed by atoms with E-state index in [1.165, 1.54) is 17.0 Å². The van der Waals surface area contributed by atoms with Crippen LogP contribution in [0.5, 0.6) is 0 Å². The van der Waals surface area contributed by atoms with Gasteiger partial charge in [0.2, 0.25) is 0 Å². The molecule has 7 nitrogen and oxygen atoms in total. The summed E-state index contributed by atoms with van der Waals surface area (Å²) in [6, 6.07) is 8.58. The highest BCUT2D eigenvalue weighted by atomic mass is 35.5. The molecular formula is C21H28ClN3O4S. The van der Waals surface area contributed by atoms with E-state index < -0.39 is 22.1 Å². The van der Waals surface area contributed by atoms with Crippen molar-refractivity contribution < 1.29 is 14.1 Å². The Bertz CT molecular complexity index is 896. The number of nitrogens with one attached hydrogen (secondary N) is 1. The molecule has 1 N–H and O–H groups in total. The third-order valence-electron chi connectivity index (χ3n) is 4.31. The predicted octanol–water partition coefficient (Wildman–Crippen LogP) is 3.19. The minimum atomic E-state index is -1.27. The summed E-state index contributed by atoms with van der Waals surface area (Å²) in [6.45, 7) is 7.51. The Hall–Kier alpha value is -1.87. The maximum Gasteiger partial charge on any atom is 0.326 e. The monoisotopic (exact) mass is 453 g/mol. The van der Waals surface area contributed by atoms with Gasteiger partial charge in [-0.3, -0.25) is 14.2 Å². The summed E-state index contributed by atoms with van der Waals surface area (Å²) in [5.74, 6) is -0.481. The number of ether oxygens (including phenoxy) is 1. The van der Waals surface area contributed by atoms with Crippen LogP contribution < -0.4 is 10.3 Å². The van der Waals surface area contributed by atoms with Gasteiger partial charge in [-0.2, -0.15) is 0 Å². The highest BCUT2D eigenvalue weighted by molar-refractivity contribution is 7.90. The minimum absolute atomic E-state index is 0.167. The quantitative estimate of drug-likeness (QED) is 0.462. The number of carbonyl (C=O) groups is 1. The largest absolute Gasteiger partial charge is 0.598 e. The molecular weight excluding hydrogens is 426 g/mol. The fourth-order valence-electron chi connectivity index (χ4n) is 2.65. The molecule has 0 aliphatic rings. The van der Waals surface area contributed by atoms with Gasteiger partial charge in [-0.1, -0.05) is 23.7 Å². The highest BCUT2D eigenvalue weighted by Crippen LogP contribution is 2.24. The van der Waals surface area contributed by atoms with E-state index in [0.29, 0.717) is 23.6 Å². The van der Waals surface area contributed by atoms with E-state index in [4.69, 9.17) is 16.3 Å². The highest BCUT2D eigenvalue weighted by Gasteiger charge is 2.29. The Labute approximate surface area is 185 Å². The van der Waals surface area contributed by atoms with Crippen LogP contribution in [0.25, 0.3) is 0 Å². The molecule has 0 aliphatic carbocycles. The molecule has 0 saturated carbocycles. The molecule has 1 aromatic carbocycles. The SMILES string of the molecule is CCOC(=O)Cn1cnc(CC[C@H](N[S@+]([O-])C(C)(C)C)c2ccc(Cl)cc2)cc1=O. The first-order valence-corrected chi connectivity index (χ1v) is 11.3. The van der Waals surface area contributed by atoms with Gasteiger partial charge >= 0.3 is 5.97 Å². The second-order valence-corrected chi connectivity index (χ2v) is 10.2. The van der Waals surface area contributed by atoms with Gasteiger partial charge in [0.25, 0.3) is 5.56 Å². The molecule has 1 aromatic heterocycles. The molecule has 0 radical (unpaired) electrons. The van der Waals surface area contributed by atoms with Gasteiger partial charge in [-0.15, -0.1) is 4.72 Å². The van der Waals surface area contributed by atoms with Gasteiger partial charge in [-0.25, -0.2) is 4.98 Å². The molecule has 164 valence electrons. The molecule has 0 aliphatic heterocycles. The number of benzene rings is 1. The first-order chi connectivity index (χ1) is 14.1. The summed E-state index contributed by atoms with van der Waals surface area (Å²) in [6.07, 6.45) is 2.43. The van der Waals surface area contributed by atoms with Gasteiger partial charge in [0.05, 0.1) is 19.0 Å². The first kappa shape index (κ1) is 24.4. The average Bonchev–Trinajstić information content (AvgIpc) is 2.67. The Morgan fingerprint density at radius 3 is 2.57 bits per heavy atom. The molecule has 2 rings (SSSR count). The van der Waals surface area contributed by atoms with E-state index in [-0.39, 0.29) is 24.8 Å². The van der Waals surface area contributed by atoms with E-state index >= 15 is 0 Å². The van der Waals surface area contributed by atoms with E-state index in [1.807, 2.05) is 32.9 Å². The Morgan fingerprint density at radius 1 is 1.33 bits per heavy atom. The summed E-state index contributed by atoms with van der Waals surface area (Å²) in [4.78, 5) is 28.1. The molecule has 9 heteroatoms. The zero-order chi connectivity index (χ0) is 22.3. The van der Waals surface area contributed by atoms with Crippen molar-refractivity contribution in [1.29, 1.82) is 0 Å². The predicted molar refractivity (Wildman–Crippen MR) is 119 cm³/mol. The summed E-state index contributed by atoms with van der Waals surface area (Å²) in [7, 11) is 0. The number of halogens is 1. The van der Waals surface area contributed by atoms with Crippen LogP contribution in [-0.4, -0.2) is 31.4 Å². The fourth-order valence-corrected chi connectivity index (χ4v) is 3.64. The number of aryl methyl sites for hydroxylation is 1. The van der Waals surface area contributed by atoms with Crippen LogP contribution >= 0.6 is 11.6 Å². The van der Waals surface area contributed by atoms with Gasteiger partial charge in [0.15, 0.2) is 0 Å².